The minimum atomic E-state index is -4.11. The average Bonchev–Trinajstić information content (AvgIpc) is 2.64. The predicted molar refractivity (Wildman–Crippen MR) is 90.3 cm³/mol. The fraction of sp³-hybridized carbons (Fsp3) is 0.250. The molecular weight excluding hydrogens is 405 g/mol. The molecule has 1 aliphatic heterocycles. The highest BCUT2D eigenvalue weighted by atomic mass is 32.2. The molecule has 0 radical (unpaired) electrons. The van der Waals surface area contributed by atoms with E-state index in [9.17, 15) is 30.0 Å². The molecule has 146 valence electrons. The van der Waals surface area contributed by atoms with E-state index in [0.717, 1.165) is 26.8 Å². The number of sulfonamides is 2. The maximum absolute atomic E-state index is 13.8. The molecule has 0 unspecified atom stereocenters. The van der Waals surface area contributed by atoms with Gasteiger partial charge in [-0.3, -0.25) is 0 Å². The van der Waals surface area contributed by atoms with Gasteiger partial charge in [-0.1, -0.05) is 12.1 Å². The number of rotatable bonds is 4. The van der Waals surface area contributed by atoms with Crippen molar-refractivity contribution in [1.82, 2.24) is 8.61 Å². The Hall–Kier alpha value is -1.95. The molecule has 27 heavy (non-hydrogen) atoms. The lowest BCUT2D eigenvalue weighted by Gasteiger charge is -2.33. The number of piperazine rings is 1. The Morgan fingerprint density at radius 2 is 1.22 bits per heavy atom. The summed E-state index contributed by atoms with van der Waals surface area (Å²) in [5, 5.41) is 0. The third-order valence-electron chi connectivity index (χ3n) is 4.18. The van der Waals surface area contributed by atoms with Crippen molar-refractivity contribution >= 4 is 20.0 Å². The van der Waals surface area contributed by atoms with Crippen LogP contribution >= 0.6 is 0 Å². The Morgan fingerprint density at radius 1 is 0.667 bits per heavy atom. The van der Waals surface area contributed by atoms with E-state index in [-0.39, 0.29) is 26.2 Å². The molecule has 1 fully saturated rings. The molecule has 1 aliphatic rings. The quantitative estimate of drug-likeness (QED) is 0.756. The first-order chi connectivity index (χ1) is 12.6. The Labute approximate surface area is 154 Å². The van der Waals surface area contributed by atoms with Gasteiger partial charge in [0.1, 0.15) is 10.7 Å². The van der Waals surface area contributed by atoms with Crippen molar-refractivity contribution in [3.8, 4) is 0 Å². The van der Waals surface area contributed by atoms with Crippen molar-refractivity contribution < 1.29 is 30.0 Å². The van der Waals surface area contributed by atoms with Crippen LogP contribution in [0.5, 0.6) is 0 Å². The van der Waals surface area contributed by atoms with Gasteiger partial charge in [-0.15, -0.1) is 0 Å². The second-order valence-corrected chi connectivity index (χ2v) is 9.66. The van der Waals surface area contributed by atoms with Gasteiger partial charge in [-0.25, -0.2) is 30.0 Å². The van der Waals surface area contributed by atoms with E-state index in [1.54, 1.807) is 0 Å². The molecule has 2 aromatic carbocycles. The zero-order valence-corrected chi connectivity index (χ0v) is 15.5. The highest BCUT2D eigenvalue weighted by Gasteiger charge is 2.35. The van der Waals surface area contributed by atoms with Crippen LogP contribution in [-0.4, -0.2) is 51.6 Å². The Bertz CT molecular complexity index is 1070. The third kappa shape index (κ3) is 3.72. The van der Waals surface area contributed by atoms with Crippen LogP contribution in [-0.2, 0) is 20.0 Å². The molecule has 0 N–H and O–H groups in total. The second-order valence-electron chi connectivity index (χ2n) is 5.81. The topological polar surface area (TPSA) is 74.8 Å². The molecule has 0 aliphatic carbocycles. The van der Waals surface area contributed by atoms with Crippen LogP contribution < -0.4 is 0 Å². The number of hydrogen-bond donors (Lipinski definition) is 0. The SMILES string of the molecule is O=S(=O)(c1ccc(F)c(F)c1)N1CCN(S(=O)(=O)c2ccccc2F)CC1. The summed E-state index contributed by atoms with van der Waals surface area (Å²) in [7, 11) is -8.22. The average molecular weight is 420 g/mol. The van der Waals surface area contributed by atoms with Crippen molar-refractivity contribution in [1.29, 1.82) is 0 Å². The normalized spacial score (nSPS) is 17.1. The van der Waals surface area contributed by atoms with Gasteiger partial charge < -0.3 is 0 Å². The molecule has 0 spiro atoms. The van der Waals surface area contributed by atoms with Crippen molar-refractivity contribution in [2.24, 2.45) is 0 Å². The van der Waals surface area contributed by atoms with Crippen molar-refractivity contribution in [2.45, 2.75) is 9.79 Å². The lowest BCUT2D eigenvalue weighted by molar-refractivity contribution is 0.272. The van der Waals surface area contributed by atoms with Crippen LogP contribution in [0.3, 0.4) is 0 Å². The van der Waals surface area contributed by atoms with Gasteiger partial charge in [-0.2, -0.15) is 8.61 Å². The van der Waals surface area contributed by atoms with Crippen molar-refractivity contribution in [3.05, 3.63) is 59.9 Å². The lowest BCUT2D eigenvalue weighted by Crippen LogP contribution is -2.50. The largest absolute Gasteiger partial charge is 0.246 e. The summed E-state index contributed by atoms with van der Waals surface area (Å²) in [5.74, 6) is -3.36. The molecule has 3 rings (SSSR count). The molecule has 0 aromatic heterocycles. The third-order valence-corrected chi connectivity index (χ3v) is 8.01. The van der Waals surface area contributed by atoms with Gasteiger partial charge in [-0.05, 0) is 30.3 Å². The highest BCUT2D eigenvalue weighted by molar-refractivity contribution is 7.89. The molecule has 0 bridgehead atoms. The Morgan fingerprint density at radius 3 is 1.78 bits per heavy atom. The molecule has 0 amide bonds. The monoisotopic (exact) mass is 420 g/mol. The minimum absolute atomic E-state index is 0.195. The van der Waals surface area contributed by atoms with Crippen LogP contribution in [0.1, 0.15) is 0 Å². The lowest BCUT2D eigenvalue weighted by atomic mass is 10.3. The molecule has 1 heterocycles. The van der Waals surface area contributed by atoms with Gasteiger partial charge in [0.15, 0.2) is 11.6 Å². The first kappa shape index (κ1) is 19.8. The standard InChI is InChI=1S/C16H15F3N2O4S2/c17-13-6-5-12(11-15(13)19)26(22,23)20-7-9-21(10-8-20)27(24,25)16-4-2-1-3-14(16)18/h1-6,11H,7-10H2. The van der Waals surface area contributed by atoms with E-state index in [0.29, 0.717) is 12.1 Å². The molecular formula is C16H15F3N2O4S2. The molecule has 11 heteroatoms. The van der Waals surface area contributed by atoms with Crippen LogP contribution in [0.25, 0.3) is 0 Å². The summed E-state index contributed by atoms with van der Waals surface area (Å²) in [5.41, 5.74) is 0. The first-order valence-electron chi connectivity index (χ1n) is 7.84. The summed E-state index contributed by atoms with van der Waals surface area (Å²) in [6, 6.07) is 7.14. The van der Waals surface area contributed by atoms with E-state index in [4.69, 9.17) is 0 Å². The van der Waals surface area contributed by atoms with Crippen LogP contribution in [0.2, 0.25) is 0 Å². The minimum Gasteiger partial charge on any atom is -0.207 e. The van der Waals surface area contributed by atoms with Gasteiger partial charge >= 0.3 is 0 Å². The predicted octanol–water partition coefficient (Wildman–Crippen LogP) is 1.80. The summed E-state index contributed by atoms with van der Waals surface area (Å²) >= 11 is 0. The molecule has 1 saturated heterocycles. The highest BCUT2D eigenvalue weighted by Crippen LogP contribution is 2.24. The number of benzene rings is 2. The van der Waals surface area contributed by atoms with Gasteiger partial charge in [0, 0.05) is 26.2 Å². The van der Waals surface area contributed by atoms with Crippen molar-refractivity contribution in [2.75, 3.05) is 26.2 Å². The van der Waals surface area contributed by atoms with E-state index in [1.807, 2.05) is 0 Å². The number of nitrogens with zero attached hydrogens (tertiary/aromatic N) is 2. The summed E-state index contributed by atoms with van der Waals surface area (Å²) in [6.45, 7) is -0.789. The molecule has 0 saturated carbocycles. The molecule has 0 atom stereocenters. The van der Waals surface area contributed by atoms with Crippen molar-refractivity contribution in [3.63, 3.8) is 0 Å². The Balaban J connectivity index is 1.79. The fourth-order valence-corrected chi connectivity index (χ4v) is 5.65. The van der Waals surface area contributed by atoms with Gasteiger partial charge in [0.2, 0.25) is 20.0 Å². The van der Waals surface area contributed by atoms with Gasteiger partial charge in [0.05, 0.1) is 4.90 Å². The van der Waals surface area contributed by atoms with Crippen LogP contribution in [0.4, 0.5) is 13.2 Å². The van der Waals surface area contributed by atoms with Crippen LogP contribution in [0, 0.1) is 17.5 Å². The summed E-state index contributed by atoms with van der Waals surface area (Å²) in [4.78, 5) is -0.909. The molecule has 2 aromatic rings. The van der Waals surface area contributed by atoms with Crippen LogP contribution in [0.15, 0.2) is 52.3 Å². The summed E-state index contributed by atoms with van der Waals surface area (Å²) in [6.07, 6.45) is 0. The molecule has 6 nitrogen and oxygen atoms in total. The summed E-state index contributed by atoms with van der Waals surface area (Å²) < 4.78 is 92.3. The maximum atomic E-state index is 13.8. The van der Waals surface area contributed by atoms with E-state index in [1.165, 1.54) is 12.1 Å². The van der Waals surface area contributed by atoms with E-state index < -0.39 is 47.3 Å². The smallest absolute Gasteiger partial charge is 0.207 e. The zero-order chi connectivity index (χ0) is 19.8. The van der Waals surface area contributed by atoms with E-state index >= 15 is 0 Å². The number of hydrogen-bond acceptors (Lipinski definition) is 4. The maximum Gasteiger partial charge on any atom is 0.246 e. The zero-order valence-electron chi connectivity index (χ0n) is 13.8. The Kier molecular flexibility index (Phi) is 5.30. The van der Waals surface area contributed by atoms with Gasteiger partial charge in [0.25, 0.3) is 0 Å². The number of halogens is 3. The second kappa shape index (κ2) is 7.23. The first-order valence-corrected chi connectivity index (χ1v) is 10.7. The van der Waals surface area contributed by atoms with E-state index in [2.05, 4.69) is 0 Å². The fourth-order valence-electron chi connectivity index (χ4n) is 2.73.